The fourth-order valence-corrected chi connectivity index (χ4v) is 4.15. The molecule has 0 saturated heterocycles. The lowest BCUT2D eigenvalue weighted by Crippen LogP contribution is -2.31. The molecule has 6 heteroatoms. The van der Waals surface area contributed by atoms with Gasteiger partial charge >= 0.3 is 0 Å². The highest BCUT2D eigenvalue weighted by Crippen LogP contribution is 2.43. The molecule has 1 aliphatic rings. The number of rotatable bonds is 6. The summed E-state index contributed by atoms with van der Waals surface area (Å²) in [5.41, 5.74) is 5.12. The van der Waals surface area contributed by atoms with Crippen molar-refractivity contribution in [2.24, 2.45) is 0 Å². The van der Waals surface area contributed by atoms with Crippen molar-refractivity contribution in [2.45, 2.75) is 38.6 Å². The lowest BCUT2D eigenvalue weighted by molar-refractivity contribution is 0.0723. The molecule has 2 heterocycles. The van der Waals surface area contributed by atoms with Crippen LogP contribution in [0.5, 0.6) is 0 Å². The molecule has 0 saturated carbocycles. The van der Waals surface area contributed by atoms with E-state index in [1.165, 1.54) is 17.7 Å². The Bertz CT molecular complexity index is 1070. The highest BCUT2D eigenvalue weighted by atomic mass is 19.1. The molecular weight excluding hydrogens is 393 g/mol. The zero-order chi connectivity index (χ0) is 22.2. The smallest absolute Gasteiger partial charge is 0.273 e. The van der Waals surface area contributed by atoms with Crippen LogP contribution in [0.25, 0.3) is 11.3 Å². The summed E-state index contributed by atoms with van der Waals surface area (Å²) in [5.74, 6) is -0.376. The minimum atomic E-state index is -0.303. The van der Waals surface area contributed by atoms with Crippen molar-refractivity contribution >= 4 is 5.91 Å². The number of aromatic amines is 1. The maximum atomic E-state index is 13.5. The average Bonchev–Trinajstić information content (AvgIpc) is 3.28. The van der Waals surface area contributed by atoms with Gasteiger partial charge in [-0.15, -0.1) is 0 Å². The number of hydrogen-bond acceptors (Lipinski definition) is 3. The van der Waals surface area contributed by atoms with E-state index in [1.54, 1.807) is 19.2 Å². The molecule has 0 spiro atoms. The molecule has 0 fully saturated rings. The van der Waals surface area contributed by atoms with E-state index in [2.05, 4.69) is 55.2 Å². The molecule has 31 heavy (non-hydrogen) atoms. The topological polar surface area (TPSA) is 58.2 Å². The van der Waals surface area contributed by atoms with Crippen LogP contribution in [0.15, 0.2) is 48.5 Å². The van der Waals surface area contributed by atoms with Crippen molar-refractivity contribution in [2.75, 3.05) is 20.3 Å². The van der Waals surface area contributed by atoms with Crippen molar-refractivity contribution in [3.05, 3.63) is 76.7 Å². The zero-order valence-electron chi connectivity index (χ0n) is 18.4. The number of ether oxygens (including phenoxy) is 1. The van der Waals surface area contributed by atoms with Crippen molar-refractivity contribution in [3.63, 3.8) is 0 Å². The van der Waals surface area contributed by atoms with Crippen molar-refractivity contribution < 1.29 is 13.9 Å². The van der Waals surface area contributed by atoms with E-state index in [0.717, 1.165) is 23.1 Å². The van der Waals surface area contributed by atoms with E-state index >= 15 is 0 Å². The molecule has 4 rings (SSSR count). The number of halogens is 1. The van der Waals surface area contributed by atoms with E-state index in [-0.39, 0.29) is 23.2 Å². The molecule has 1 unspecified atom stereocenters. The molecule has 5 nitrogen and oxygen atoms in total. The first-order chi connectivity index (χ1) is 14.8. The third-order valence-corrected chi connectivity index (χ3v) is 5.82. The van der Waals surface area contributed by atoms with Crippen molar-refractivity contribution in [1.82, 2.24) is 15.1 Å². The van der Waals surface area contributed by atoms with Crippen LogP contribution in [0.4, 0.5) is 4.39 Å². The normalized spacial score (nSPS) is 16.1. The van der Waals surface area contributed by atoms with E-state index in [0.29, 0.717) is 24.5 Å². The summed E-state index contributed by atoms with van der Waals surface area (Å²) < 4.78 is 18.7. The first kappa shape index (κ1) is 21.2. The second-order valence-electron chi connectivity index (χ2n) is 8.99. The number of carbonyl (C=O) groups is 1. The van der Waals surface area contributed by atoms with Gasteiger partial charge in [-0.05, 0) is 47.2 Å². The zero-order valence-corrected chi connectivity index (χ0v) is 18.4. The Hall–Kier alpha value is -2.99. The summed E-state index contributed by atoms with van der Waals surface area (Å²) in [6.45, 7) is 7.69. The molecule has 1 amide bonds. The van der Waals surface area contributed by atoms with Crippen LogP contribution < -0.4 is 0 Å². The summed E-state index contributed by atoms with van der Waals surface area (Å²) in [7, 11) is 1.66. The summed E-state index contributed by atoms with van der Waals surface area (Å²) in [6, 6.07) is 14.4. The van der Waals surface area contributed by atoms with E-state index < -0.39 is 0 Å². The molecule has 2 aromatic carbocycles. The van der Waals surface area contributed by atoms with Gasteiger partial charge in [-0.3, -0.25) is 9.89 Å². The Kier molecular flexibility index (Phi) is 5.67. The first-order valence-corrected chi connectivity index (χ1v) is 10.6. The summed E-state index contributed by atoms with van der Waals surface area (Å²) in [6.07, 6.45) is 0.738. The van der Waals surface area contributed by atoms with Gasteiger partial charge in [0.1, 0.15) is 11.5 Å². The Morgan fingerprint density at radius 2 is 1.77 bits per heavy atom. The van der Waals surface area contributed by atoms with Gasteiger partial charge in [0.05, 0.1) is 11.7 Å². The number of fused-ring (bicyclic) bond motifs is 1. The van der Waals surface area contributed by atoms with Crippen LogP contribution in [0.3, 0.4) is 0 Å². The lowest BCUT2D eigenvalue weighted by atomic mass is 9.85. The minimum Gasteiger partial charge on any atom is -0.385 e. The molecule has 162 valence electrons. The fourth-order valence-electron chi connectivity index (χ4n) is 4.15. The number of nitrogens with one attached hydrogen (secondary N) is 1. The van der Waals surface area contributed by atoms with Crippen molar-refractivity contribution in [3.8, 4) is 11.3 Å². The lowest BCUT2D eigenvalue weighted by Gasteiger charge is -2.27. The number of methoxy groups -OCH3 is 1. The van der Waals surface area contributed by atoms with Crippen LogP contribution in [0.1, 0.15) is 60.4 Å². The summed E-state index contributed by atoms with van der Waals surface area (Å²) in [4.78, 5) is 15.1. The van der Waals surface area contributed by atoms with Gasteiger partial charge in [0.2, 0.25) is 0 Å². The third-order valence-electron chi connectivity index (χ3n) is 5.82. The van der Waals surface area contributed by atoms with Gasteiger partial charge in [0.15, 0.2) is 0 Å². The number of H-pyrrole nitrogens is 1. The van der Waals surface area contributed by atoms with Crippen LogP contribution in [-0.4, -0.2) is 41.3 Å². The van der Waals surface area contributed by atoms with Crippen LogP contribution in [-0.2, 0) is 10.2 Å². The van der Waals surface area contributed by atoms with Crippen LogP contribution in [0.2, 0.25) is 0 Å². The molecule has 1 aliphatic heterocycles. The Balaban J connectivity index is 1.79. The fraction of sp³-hybridized carbons (Fsp3) is 0.360. The second-order valence-corrected chi connectivity index (χ2v) is 8.99. The van der Waals surface area contributed by atoms with Gasteiger partial charge in [0, 0.05) is 31.4 Å². The molecular formula is C25H28FN3O2. The molecule has 0 radical (unpaired) electrons. The Morgan fingerprint density at radius 3 is 2.39 bits per heavy atom. The number of hydrogen-bond donors (Lipinski definition) is 1. The Labute approximate surface area is 182 Å². The molecule has 0 aliphatic carbocycles. The Morgan fingerprint density at radius 1 is 1.10 bits per heavy atom. The second kappa shape index (κ2) is 8.27. The third kappa shape index (κ3) is 4.00. The molecule has 1 N–H and O–H groups in total. The van der Waals surface area contributed by atoms with Gasteiger partial charge in [-0.1, -0.05) is 45.0 Å². The van der Waals surface area contributed by atoms with E-state index in [1.807, 2.05) is 4.90 Å². The highest BCUT2D eigenvalue weighted by molar-refractivity contribution is 6.00. The quantitative estimate of drug-likeness (QED) is 0.564. The van der Waals surface area contributed by atoms with Gasteiger partial charge in [-0.2, -0.15) is 5.10 Å². The van der Waals surface area contributed by atoms with Gasteiger partial charge in [0.25, 0.3) is 5.91 Å². The minimum absolute atomic E-state index is 0.0439. The van der Waals surface area contributed by atoms with E-state index in [4.69, 9.17) is 4.74 Å². The largest absolute Gasteiger partial charge is 0.385 e. The van der Waals surface area contributed by atoms with Gasteiger partial charge in [-0.25, -0.2) is 4.39 Å². The van der Waals surface area contributed by atoms with Crippen LogP contribution in [0, 0.1) is 5.82 Å². The van der Waals surface area contributed by atoms with Gasteiger partial charge < -0.3 is 9.64 Å². The highest BCUT2D eigenvalue weighted by Gasteiger charge is 2.41. The number of aromatic nitrogens is 2. The maximum Gasteiger partial charge on any atom is 0.273 e. The van der Waals surface area contributed by atoms with Crippen molar-refractivity contribution in [1.29, 1.82) is 0 Å². The predicted molar refractivity (Wildman–Crippen MR) is 118 cm³/mol. The number of carbonyl (C=O) groups excluding carboxylic acids is 1. The molecule has 3 aromatic rings. The molecule has 0 bridgehead atoms. The summed E-state index contributed by atoms with van der Waals surface area (Å²) >= 11 is 0. The average molecular weight is 422 g/mol. The molecule has 1 aromatic heterocycles. The number of nitrogens with zero attached hydrogens (tertiary/aromatic N) is 2. The standard InChI is InChI=1S/C25H28FN3O2/c1-25(2,3)18-10-6-17(7-11-18)23-20-21(16-8-12-19(26)13-9-16)27-28-22(20)24(30)29(23)14-5-15-31-4/h6-13,23H,5,14-15H2,1-4H3,(H,27,28). The first-order valence-electron chi connectivity index (χ1n) is 10.6. The SMILES string of the molecule is COCCCN1C(=O)c2[nH]nc(-c3ccc(F)cc3)c2C1c1ccc(C(C)(C)C)cc1. The number of benzene rings is 2. The number of amides is 1. The predicted octanol–water partition coefficient (Wildman–Crippen LogP) is 5.10. The molecule has 1 atom stereocenters. The monoisotopic (exact) mass is 421 g/mol. The maximum absolute atomic E-state index is 13.5. The van der Waals surface area contributed by atoms with Crippen LogP contribution >= 0.6 is 0 Å². The van der Waals surface area contributed by atoms with E-state index in [9.17, 15) is 9.18 Å². The summed E-state index contributed by atoms with van der Waals surface area (Å²) in [5, 5.41) is 7.37.